The molecule has 0 bridgehead atoms. The molecule has 0 aliphatic heterocycles. The van der Waals surface area contributed by atoms with Gasteiger partial charge >= 0.3 is 0 Å². The quantitative estimate of drug-likeness (QED) is 0.925. The average molecular weight is 303 g/mol. The molecule has 0 amide bonds. The molecule has 0 aromatic heterocycles. The van der Waals surface area contributed by atoms with Crippen LogP contribution in [0.15, 0.2) is 36.4 Å². The van der Waals surface area contributed by atoms with Crippen molar-refractivity contribution in [1.82, 2.24) is 0 Å². The van der Waals surface area contributed by atoms with Gasteiger partial charge in [-0.1, -0.05) is 17.7 Å². The Labute approximate surface area is 128 Å². The largest absolute Gasteiger partial charge is 0.497 e. The Morgan fingerprint density at radius 1 is 1.14 bits per heavy atom. The van der Waals surface area contributed by atoms with Gasteiger partial charge in [0.1, 0.15) is 17.2 Å². The third-order valence-electron chi connectivity index (χ3n) is 2.94. The Kier molecular flexibility index (Phi) is 4.69. The highest BCUT2D eigenvalue weighted by molar-refractivity contribution is 6.31. The number of halogens is 1. The van der Waals surface area contributed by atoms with Crippen LogP contribution in [0, 0.1) is 11.3 Å². The molecule has 0 radical (unpaired) electrons. The van der Waals surface area contributed by atoms with E-state index in [1.165, 1.54) is 7.11 Å². The lowest BCUT2D eigenvalue weighted by atomic mass is 10.1. The normalized spacial score (nSPS) is 11.6. The van der Waals surface area contributed by atoms with Crippen LogP contribution in [-0.2, 0) is 0 Å². The van der Waals surface area contributed by atoms with Gasteiger partial charge in [-0.15, -0.1) is 0 Å². The second-order valence-corrected chi connectivity index (χ2v) is 4.99. The lowest BCUT2D eigenvalue weighted by molar-refractivity contribution is 0.409. The van der Waals surface area contributed by atoms with E-state index in [1.54, 1.807) is 30.3 Å². The van der Waals surface area contributed by atoms with Crippen LogP contribution < -0.4 is 15.2 Å². The molecular weight excluding hydrogens is 288 g/mol. The Hall–Kier alpha value is -2.22. The fraction of sp³-hybridized carbons (Fsp3) is 0.188. The van der Waals surface area contributed by atoms with Gasteiger partial charge in [-0.3, -0.25) is 0 Å². The van der Waals surface area contributed by atoms with Crippen molar-refractivity contribution in [1.29, 1.82) is 5.26 Å². The number of nitrogens with two attached hydrogens (primary N) is 1. The van der Waals surface area contributed by atoms with Crippen molar-refractivity contribution < 1.29 is 9.47 Å². The molecule has 0 aliphatic rings. The van der Waals surface area contributed by atoms with Gasteiger partial charge in [0.25, 0.3) is 0 Å². The van der Waals surface area contributed by atoms with Crippen LogP contribution in [0.4, 0.5) is 0 Å². The summed E-state index contributed by atoms with van der Waals surface area (Å²) in [5.74, 6) is 1.64. The molecular formula is C16H15ClN2O2. The molecule has 0 saturated heterocycles. The van der Waals surface area contributed by atoms with Crippen LogP contribution in [0.25, 0.3) is 0 Å². The van der Waals surface area contributed by atoms with E-state index < -0.39 is 0 Å². The lowest BCUT2D eigenvalue weighted by Gasteiger charge is -2.12. The molecule has 108 valence electrons. The van der Waals surface area contributed by atoms with Crippen LogP contribution in [0.5, 0.6) is 17.2 Å². The summed E-state index contributed by atoms with van der Waals surface area (Å²) in [7, 11) is 1.54. The van der Waals surface area contributed by atoms with Crippen LogP contribution in [-0.4, -0.2) is 7.11 Å². The summed E-state index contributed by atoms with van der Waals surface area (Å²) in [5.41, 5.74) is 7.13. The minimum absolute atomic E-state index is 0.145. The van der Waals surface area contributed by atoms with Crippen molar-refractivity contribution >= 4 is 11.6 Å². The maximum Gasteiger partial charge on any atom is 0.132 e. The zero-order chi connectivity index (χ0) is 15.4. The van der Waals surface area contributed by atoms with Crippen molar-refractivity contribution in [3.05, 3.63) is 52.5 Å². The molecule has 0 spiro atoms. The van der Waals surface area contributed by atoms with E-state index in [4.69, 9.17) is 32.1 Å². The van der Waals surface area contributed by atoms with Crippen LogP contribution in [0.2, 0.25) is 5.02 Å². The Morgan fingerprint density at radius 2 is 1.86 bits per heavy atom. The fourth-order valence-electron chi connectivity index (χ4n) is 1.89. The van der Waals surface area contributed by atoms with Crippen molar-refractivity contribution in [2.45, 2.75) is 13.0 Å². The van der Waals surface area contributed by atoms with E-state index in [9.17, 15) is 0 Å². The summed E-state index contributed by atoms with van der Waals surface area (Å²) in [4.78, 5) is 0. The predicted molar refractivity (Wildman–Crippen MR) is 81.8 cm³/mol. The van der Waals surface area contributed by atoms with Crippen molar-refractivity contribution in [2.24, 2.45) is 5.73 Å². The number of hydrogen-bond donors (Lipinski definition) is 1. The first-order valence-electron chi connectivity index (χ1n) is 6.35. The third-order valence-corrected chi connectivity index (χ3v) is 3.27. The highest BCUT2D eigenvalue weighted by atomic mass is 35.5. The molecule has 5 heteroatoms. The molecule has 2 aromatic carbocycles. The highest BCUT2D eigenvalue weighted by Gasteiger charge is 2.08. The molecule has 0 heterocycles. The molecule has 0 aliphatic carbocycles. The van der Waals surface area contributed by atoms with Gasteiger partial charge < -0.3 is 15.2 Å². The van der Waals surface area contributed by atoms with E-state index in [0.717, 1.165) is 5.56 Å². The summed E-state index contributed by atoms with van der Waals surface area (Å²) >= 11 is 6.17. The summed E-state index contributed by atoms with van der Waals surface area (Å²) in [5, 5.41) is 9.54. The topological polar surface area (TPSA) is 68.3 Å². The summed E-state index contributed by atoms with van der Waals surface area (Å²) in [6.45, 7) is 1.86. The molecule has 2 N–H and O–H groups in total. The molecule has 2 aromatic rings. The second-order valence-electron chi connectivity index (χ2n) is 4.58. The molecule has 2 rings (SSSR count). The van der Waals surface area contributed by atoms with E-state index in [2.05, 4.69) is 6.07 Å². The zero-order valence-corrected chi connectivity index (χ0v) is 12.5. The van der Waals surface area contributed by atoms with Crippen LogP contribution >= 0.6 is 11.6 Å². The maximum absolute atomic E-state index is 8.99. The predicted octanol–water partition coefficient (Wildman–Crippen LogP) is 4.03. The standard InChI is InChI=1S/C16H15ClN2O2/c1-10(19)15-4-3-12(8-16(15)17)21-14-6-11(9-18)5-13(7-14)20-2/h3-8,10H,19H2,1-2H3. The fourth-order valence-corrected chi connectivity index (χ4v) is 2.23. The SMILES string of the molecule is COc1cc(C#N)cc(Oc2ccc(C(C)N)c(Cl)c2)c1. The smallest absolute Gasteiger partial charge is 0.132 e. The lowest BCUT2D eigenvalue weighted by Crippen LogP contribution is -2.05. The Bertz CT molecular complexity index is 693. The molecule has 0 fully saturated rings. The first-order chi connectivity index (χ1) is 10.0. The summed E-state index contributed by atoms with van der Waals surface area (Å²) in [6, 6.07) is 12.2. The number of benzene rings is 2. The minimum atomic E-state index is -0.145. The maximum atomic E-state index is 8.99. The van der Waals surface area contributed by atoms with Gasteiger partial charge in [-0.05, 0) is 36.8 Å². The van der Waals surface area contributed by atoms with Gasteiger partial charge in [-0.2, -0.15) is 5.26 Å². The summed E-state index contributed by atoms with van der Waals surface area (Å²) in [6.07, 6.45) is 0. The van der Waals surface area contributed by atoms with Crippen LogP contribution in [0.1, 0.15) is 24.1 Å². The van der Waals surface area contributed by atoms with E-state index >= 15 is 0 Å². The van der Waals surface area contributed by atoms with Crippen molar-refractivity contribution in [2.75, 3.05) is 7.11 Å². The Morgan fingerprint density at radius 3 is 2.43 bits per heavy atom. The highest BCUT2D eigenvalue weighted by Crippen LogP contribution is 2.31. The number of nitriles is 1. The Balaban J connectivity index is 2.30. The molecule has 1 atom stereocenters. The van der Waals surface area contributed by atoms with Crippen molar-refractivity contribution in [3.63, 3.8) is 0 Å². The van der Waals surface area contributed by atoms with E-state index in [0.29, 0.717) is 27.8 Å². The molecule has 4 nitrogen and oxygen atoms in total. The third kappa shape index (κ3) is 3.66. The average Bonchev–Trinajstić information content (AvgIpc) is 2.46. The summed E-state index contributed by atoms with van der Waals surface area (Å²) < 4.78 is 10.9. The number of rotatable bonds is 4. The number of hydrogen-bond acceptors (Lipinski definition) is 4. The number of nitrogens with zero attached hydrogens (tertiary/aromatic N) is 1. The number of methoxy groups -OCH3 is 1. The van der Waals surface area contributed by atoms with E-state index in [1.807, 2.05) is 13.0 Å². The molecule has 0 saturated carbocycles. The monoisotopic (exact) mass is 302 g/mol. The van der Waals surface area contributed by atoms with Gasteiger partial charge in [0, 0.05) is 17.1 Å². The van der Waals surface area contributed by atoms with E-state index in [-0.39, 0.29) is 6.04 Å². The van der Waals surface area contributed by atoms with Gasteiger partial charge in [0.15, 0.2) is 0 Å². The second kappa shape index (κ2) is 6.49. The van der Waals surface area contributed by atoms with Crippen LogP contribution in [0.3, 0.4) is 0 Å². The van der Waals surface area contributed by atoms with Gasteiger partial charge in [-0.25, -0.2) is 0 Å². The van der Waals surface area contributed by atoms with Gasteiger partial charge in [0.2, 0.25) is 0 Å². The molecule has 1 unspecified atom stereocenters. The minimum Gasteiger partial charge on any atom is -0.497 e. The number of ether oxygens (including phenoxy) is 2. The first-order valence-corrected chi connectivity index (χ1v) is 6.73. The van der Waals surface area contributed by atoms with Crippen molar-refractivity contribution in [3.8, 4) is 23.3 Å². The molecule has 21 heavy (non-hydrogen) atoms. The van der Waals surface area contributed by atoms with Gasteiger partial charge in [0.05, 0.1) is 18.7 Å². The zero-order valence-electron chi connectivity index (χ0n) is 11.8. The first kappa shape index (κ1) is 15.2.